The molecule has 22 heavy (non-hydrogen) atoms. The number of aromatic nitrogens is 2. The smallest absolute Gasteiger partial charge is 0.146 e. The van der Waals surface area contributed by atoms with Crippen molar-refractivity contribution in [3.8, 4) is 0 Å². The van der Waals surface area contributed by atoms with Gasteiger partial charge in [-0.25, -0.2) is 4.99 Å². The highest BCUT2D eigenvalue weighted by atomic mass is 16.5. The van der Waals surface area contributed by atoms with Gasteiger partial charge in [-0.1, -0.05) is 6.92 Å². The number of aryl methyl sites for hydroxylation is 1. The summed E-state index contributed by atoms with van der Waals surface area (Å²) in [5.41, 5.74) is 7.72. The van der Waals surface area contributed by atoms with Crippen LogP contribution >= 0.6 is 0 Å². The predicted octanol–water partition coefficient (Wildman–Crippen LogP) is 3.90. The Hall–Kier alpha value is -2.49. The summed E-state index contributed by atoms with van der Waals surface area (Å²) < 4.78 is 5.48. The molecule has 1 aliphatic heterocycles. The number of hydrogen-bond acceptors (Lipinski definition) is 2. The van der Waals surface area contributed by atoms with Crippen molar-refractivity contribution >= 4 is 11.8 Å². The molecule has 2 aromatic heterocycles. The molecule has 2 aromatic rings. The molecule has 4 nitrogen and oxygen atoms in total. The van der Waals surface area contributed by atoms with Crippen molar-refractivity contribution in [3.63, 3.8) is 0 Å². The molecule has 0 radical (unpaired) electrons. The molecule has 0 atom stereocenters. The van der Waals surface area contributed by atoms with Crippen molar-refractivity contribution in [2.24, 2.45) is 4.99 Å². The van der Waals surface area contributed by atoms with E-state index in [2.05, 4.69) is 36.8 Å². The summed E-state index contributed by atoms with van der Waals surface area (Å²) in [7, 11) is 1.68. The maximum absolute atomic E-state index is 5.48. The normalized spacial score (nSPS) is 16.1. The zero-order valence-corrected chi connectivity index (χ0v) is 13.4. The number of rotatable bonds is 4. The summed E-state index contributed by atoms with van der Waals surface area (Å²) >= 11 is 0. The zero-order chi connectivity index (χ0) is 15.7. The topological polar surface area (TPSA) is 53.2 Å². The minimum absolute atomic E-state index is 0.786. The fourth-order valence-corrected chi connectivity index (χ4v) is 2.94. The number of aliphatic imine (C=N–C) groups is 1. The largest absolute Gasteiger partial charge is 0.494 e. The molecule has 0 amide bonds. The second-order valence-electron chi connectivity index (χ2n) is 5.44. The van der Waals surface area contributed by atoms with Crippen LogP contribution in [0.1, 0.15) is 35.1 Å². The van der Waals surface area contributed by atoms with Gasteiger partial charge in [-0.3, -0.25) is 0 Å². The highest BCUT2D eigenvalue weighted by Crippen LogP contribution is 2.27. The lowest BCUT2D eigenvalue weighted by Crippen LogP contribution is -1.93. The molecular weight excluding hydrogens is 274 g/mol. The average molecular weight is 295 g/mol. The first kappa shape index (κ1) is 14.4. The zero-order valence-electron chi connectivity index (χ0n) is 13.4. The number of allylic oxidation sites excluding steroid dienone is 1. The lowest BCUT2D eigenvalue weighted by molar-refractivity contribution is 0.303. The van der Waals surface area contributed by atoms with Gasteiger partial charge in [-0.2, -0.15) is 0 Å². The molecular formula is C18H21N3O. The lowest BCUT2D eigenvalue weighted by Gasteiger charge is -2.01. The number of aromatic amines is 2. The third-order valence-corrected chi connectivity index (χ3v) is 4.12. The van der Waals surface area contributed by atoms with Crippen LogP contribution in [0.2, 0.25) is 0 Å². The maximum Gasteiger partial charge on any atom is 0.146 e. The number of hydrogen-bond donors (Lipinski definition) is 2. The van der Waals surface area contributed by atoms with Crippen LogP contribution in [-0.4, -0.2) is 22.8 Å². The highest BCUT2D eigenvalue weighted by molar-refractivity contribution is 6.11. The van der Waals surface area contributed by atoms with Crippen LogP contribution in [0.15, 0.2) is 40.9 Å². The Bertz CT molecular complexity index is 774. The van der Waals surface area contributed by atoms with E-state index in [1.807, 2.05) is 24.4 Å². The second-order valence-corrected chi connectivity index (χ2v) is 5.44. The molecule has 4 heteroatoms. The Balaban J connectivity index is 2.02. The van der Waals surface area contributed by atoms with Gasteiger partial charge in [0.25, 0.3) is 0 Å². The van der Waals surface area contributed by atoms with E-state index in [0.717, 1.165) is 35.0 Å². The fraction of sp³-hybridized carbons (Fsp3) is 0.278. The predicted molar refractivity (Wildman–Crippen MR) is 90.0 cm³/mol. The number of ether oxygens (including phenoxy) is 1. The Morgan fingerprint density at radius 1 is 1.32 bits per heavy atom. The van der Waals surface area contributed by atoms with Crippen molar-refractivity contribution in [1.29, 1.82) is 0 Å². The molecule has 2 N–H and O–H groups in total. The third-order valence-electron chi connectivity index (χ3n) is 4.12. The third kappa shape index (κ3) is 2.41. The van der Waals surface area contributed by atoms with Gasteiger partial charge in [0, 0.05) is 23.7 Å². The maximum atomic E-state index is 5.48. The summed E-state index contributed by atoms with van der Waals surface area (Å²) in [5, 5.41) is 0. The van der Waals surface area contributed by atoms with E-state index in [4.69, 9.17) is 9.73 Å². The molecule has 0 aromatic carbocycles. The molecule has 1 aliphatic rings. The van der Waals surface area contributed by atoms with E-state index in [9.17, 15) is 0 Å². The average Bonchev–Trinajstić information content (AvgIpc) is 3.20. The monoisotopic (exact) mass is 295 g/mol. The van der Waals surface area contributed by atoms with Crippen LogP contribution in [0.5, 0.6) is 0 Å². The first-order chi connectivity index (χ1) is 10.6. The van der Waals surface area contributed by atoms with Crippen molar-refractivity contribution in [1.82, 2.24) is 9.97 Å². The molecule has 0 spiro atoms. The second kappa shape index (κ2) is 5.72. The Morgan fingerprint density at radius 3 is 2.73 bits per heavy atom. The van der Waals surface area contributed by atoms with Crippen LogP contribution in [-0.2, 0) is 11.2 Å². The molecule has 0 bridgehead atoms. The van der Waals surface area contributed by atoms with Crippen LogP contribution in [0.25, 0.3) is 6.08 Å². The summed E-state index contributed by atoms with van der Waals surface area (Å²) in [4.78, 5) is 11.3. The van der Waals surface area contributed by atoms with Gasteiger partial charge in [0.1, 0.15) is 11.5 Å². The Kier molecular flexibility index (Phi) is 3.75. The van der Waals surface area contributed by atoms with Crippen LogP contribution in [0.4, 0.5) is 0 Å². The number of nitrogens with one attached hydrogen (secondary N) is 2. The van der Waals surface area contributed by atoms with Gasteiger partial charge in [-0.05, 0) is 49.6 Å². The minimum Gasteiger partial charge on any atom is -0.494 e. The van der Waals surface area contributed by atoms with E-state index in [1.54, 1.807) is 7.11 Å². The first-order valence-corrected chi connectivity index (χ1v) is 7.52. The summed E-state index contributed by atoms with van der Waals surface area (Å²) in [5.74, 6) is 0.786. The highest BCUT2D eigenvalue weighted by Gasteiger charge is 2.18. The van der Waals surface area contributed by atoms with Gasteiger partial charge in [0.15, 0.2) is 0 Å². The first-order valence-electron chi connectivity index (χ1n) is 7.52. The molecule has 3 heterocycles. The Labute approximate surface area is 130 Å². The van der Waals surface area contributed by atoms with Crippen molar-refractivity contribution in [2.45, 2.75) is 27.2 Å². The van der Waals surface area contributed by atoms with E-state index in [1.165, 1.54) is 16.8 Å². The molecule has 0 unspecified atom stereocenters. The summed E-state index contributed by atoms with van der Waals surface area (Å²) in [6.45, 7) is 6.44. The number of H-pyrrole nitrogens is 2. The van der Waals surface area contributed by atoms with E-state index in [-0.39, 0.29) is 0 Å². The van der Waals surface area contributed by atoms with Gasteiger partial charge in [-0.15, -0.1) is 0 Å². The lowest BCUT2D eigenvalue weighted by atomic mass is 10.1. The molecule has 0 fully saturated rings. The SMILES string of the molecule is CCc1c(C)[nH]c(C=C2N=C(c3ccc[nH]3)C=C2OC)c1C. The van der Waals surface area contributed by atoms with Crippen LogP contribution in [0, 0.1) is 13.8 Å². The number of nitrogens with zero attached hydrogens (tertiary/aromatic N) is 1. The van der Waals surface area contributed by atoms with Gasteiger partial charge in [0.05, 0.1) is 18.5 Å². The van der Waals surface area contributed by atoms with E-state index in [0.29, 0.717) is 0 Å². The van der Waals surface area contributed by atoms with Crippen molar-refractivity contribution in [3.05, 3.63) is 64.1 Å². The molecule has 114 valence electrons. The fourth-order valence-electron chi connectivity index (χ4n) is 2.94. The van der Waals surface area contributed by atoms with Crippen molar-refractivity contribution < 1.29 is 4.74 Å². The van der Waals surface area contributed by atoms with Gasteiger partial charge in [0.2, 0.25) is 0 Å². The van der Waals surface area contributed by atoms with Crippen molar-refractivity contribution in [2.75, 3.05) is 7.11 Å². The minimum atomic E-state index is 0.786. The molecule has 0 aliphatic carbocycles. The quantitative estimate of drug-likeness (QED) is 0.883. The van der Waals surface area contributed by atoms with Crippen LogP contribution < -0.4 is 0 Å². The standard InChI is InChI=1S/C18H21N3O/c1-5-13-11(2)15(20-12(13)3)9-17-18(22-4)10-16(21-17)14-7-6-8-19-14/h6-10,19-20H,5H2,1-4H3. The molecule has 0 saturated carbocycles. The summed E-state index contributed by atoms with van der Waals surface area (Å²) in [6.07, 6.45) is 6.95. The number of methoxy groups -OCH3 is 1. The molecule has 0 saturated heterocycles. The van der Waals surface area contributed by atoms with E-state index < -0.39 is 0 Å². The van der Waals surface area contributed by atoms with Gasteiger partial charge >= 0.3 is 0 Å². The Morgan fingerprint density at radius 2 is 2.14 bits per heavy atom. The van der Waals surface area contributed by atoms with Gasteiger partial charge < -0.3 is 14.7 Å². The van der Waals surface area contributed by atoms with E-state index >= 15 is 0 Å². The van der Waals surface area contributed by atoms with Crippen LogP contribution in [0.3, 0.4) is 0 Å². The summed E-state index contributed by atoms with van der Waals surface area (Å²) in [6, 6.07) is 3.97. The molecule has 3 rings (SSSR count).